The topological polar surface area (TPSA) is 29.1 Å². The standard InChI is InChI=1S/C12H20ClNO/c1-12(2)9-4-3-8(10(12)5-9)7-14-11(15)6-13/h8-10H,3-7H2,1-2H3,(H,14,15)/t8-,9-,10-/m1/s1. The summed E-state index contributed by atoms with van der Waals surface area (Å²) in [5, 5.41) is 2.92. The lowest BCUT2D eigenvalue weighted by molar-refractivity contribution is -0.122. The molecule has 0 heterocycles. The molecular weight excluding hydrogens is 210 g/mol. The van der Waals surface area contributed by atoms with Gasteiger partial charge in [0.1, 0.15) is 5.88 Å². The monoisotopic (exact) mass is 229 g/mol. The second-order valence-corrected chi connectivity index (χ2v) is 5.90. The van der Waals surface area contributed by atoms with Crippen LogP contribution in [0.3, 0.4) is 0 Å². The molecule has 0 unspecified atom stereocenters. The molecule has 3 atom stereocenters. The fourth-order valence-corrected chi connectivity index (χ4v) is 3.59. The maximum absolute atomic E-state index is 11.1. The molecule has 86 valence electrons. The Hall–Kier alpha value is -0.240. The van der Waals surface area contributed by atoms with Gasteiger partial charge >= 0.3 is 0 Å². The van der Waals surface area contributed by atoms with Gasteiger partial charge in [0.15, 0.2) is 0 Å². The van der Waals surface area contributed by atoms with Crippen LogP contribution in [0.1, 0.15) is 33.1 Å². The van der Waals surface area contributed by atoms with Crippen molar-refractivity contribution in [2.75, 3.05) is 12.4 Å². The molecule has 0 radical (unpaired) electrons. The zero-order valence-corrected chi connectivity index (χ0v) is 10.3. The summed E-state index contributed by atoms with van der Waals surface area (Å²) >= 11 is 5.46. The summed E-state index contributed by atoms with van der Waals surface area (Å²) in [6.45, 7) is 5.58. The molecule has 3 aliphatic rings. The van der Waals surface area contributed by atoms with Crippen LogP contribution in [-0.2, 0) is 4.79 Å². The summed E-state index contributed by atoms with van der Waals surface area (Å²) in [4.78, 5) is 11.1. The van der Waals surface area contributed by atoms with Crippen LogP contribution in [0, 0.1) is 23.2 Å². The first-order valence-corrected chi connectivity index (χ1v) is 6.41. The lowest BCUT2D eigenvalue weighted by atomic mass is 9.45. The van der Waals surface area contributed by atoms with Crippen molar-refractivity contribution in [2.45, 2.75) is 33.1 Å². The van der Waals surface area contributed by atoms with E-state index in [2.05, 4.69) is 19.2 Å². The summed E-state index contributed by atoms with van der Waals surface area (Å²) in [5.41, 5.74) is 0.509. The number of halogens is 1. The first-order valence-electron chi connectivity index (χ1n) is 5.88. The van der Waals surface area contributed by atoms with Gasteiger partial charge in [-0.1, -0.05) is 13.8 Å². The quantitative estimate of drug-likeness (QED) is 0.740. The van der Waals surface area contributed by atoms with Crippen molar-refractivity contribution in [1.29, 1.82) is 0 Å². The molecule has 3 aliphatic carbocycles. The average Bonchev–Trinajstić information content (AvgIpc) is 2.25. The van der Waals surface area contributed by atoms with E-state index in [0.717, 1.165) is 18.4 Å². The summed E-state index contributed by atoms with van der Waals surface area (Å²) in [6.07, 6.45) is 3.99. The third-order valence-electron chi connectivity index (χ3n) is 4.68. The Balaban J connectivity index is 1.86. The maximum Gasteiger partial charge on any atom is 0.234 e. The second kappa shape index (κ2) is 3.97. The molecule has 1 amide bonds. The normalized spacial score (nSPS) is 36.9. The minimum absolute atomic E-state index is 0.0316. The van der Waals surface area contributed by atoms with Gasteiger partial charge in [0.25, 0.3) is 0 Å². The van der Waals surface area contributed by atoms with Crippen LogP contribution in [0.25, 0.3) is 0 Å². The van der Waals surface area contributed by atoms with Crippen LogP contribution in [0.5, 0.6) is 0 Å². The minimum Gasteiger partial charge on any atom is -0.355 e. The van der Waals surface area contributed by atoms with E-state index in [1.807, 2.05) is 0 Å². The van der Waals surface area contributed by atoms with Crippen molar-refractivity contribution in [3.63, 3.8) is 0 Å². The largest absolute Gasteiger partial charge is 0.355 e. The fraction of sp³-hybridized carbons (Fsp3) is 0.917. The molecule has 0 aromatic carbocycles. The van der Waals surface area contributed by atoms with Crippen molar-refractivity contribution in [1.82, 2.24) is 5.32 Å². The zero-order chi connectivity index (χ0) is 11.1. The molecule has 0 aromatic heterocycles. The zero-order valence-electron chi connectivity index (χ0n) is 9.55. The molecule has 3 saturated carbocycles. The summed E-state index contributed by atoms with van der Waals surface area (Å²) in [5.74, 6) is 2.48. The first-order chi connectivity index (χ1) is 7.05. The van der Waals surface area contributed by atoms with Crippen molar-refractivity contribution in [3.8, 4) is 0 Å². The SMILES string of the molecule is CC1(C)[C@@H]2CC[C@H](CNC(=O)CCl)[C@H]1C2. The molecule has 0 spiro atoms. The van der Waals surface area contributed by atoms with Crippen molar-refractivity contribution in [2.24, 2.45) is 23.2 Å². The molecule has 1 N–H and O–H groups in total. The number of carbonyl (C=O) groups excluding carboxylic acids is 1. The Morgan fingerprint density at radius 3 is 2.73 bits per heavy atom. The van der Waals surface area contributed by atoms with E-state index < -0.39 is 0 Å². The molecular formula is C12H20ClNO. The highest BCUT2D eigenvalue weighted by Gasteiger charge is 2.53. The fourth-order valence-electron chi connectivity index (χ4n) is 3.50. The molecule has 0 aromatic rings. The van der Waals surface area contributed by atoms with Crippen LogP contribution < -0.4 is 5.32 Å². The van der Waals surface area contributed by atoms with Crippen LogP contribution in [0.15, 0.2) is 0 Å². The predicted octanol–water partition coefficient (Wildman–Crippen LogP) is 2.41. The van der Waals surface area contributed by atoms with Gasteiger partial charge in [0.2, 0.25) is 5.91 Å². The predicted molar refractivity (Wildman–Crippen MR) is 61.8 cm³/mol. The van der Waals surface area contributed by atoms with Crippen LogP contribution in [-0.4, -0.2) is 18.3 Å². The van der Waals surface area contributed by atoms with E-state index in [1.54, 1.807) is 0 Å². The number of amides is 1. The van der Waals surface area contributed by atoms with Crippen molar-refractivity contribution < 1.29 is 4.79 Å². The average molecular weight is 230 g/mol. The second-order valence-electron chi connectivity index (χ2n) is 5.64. The van der Waals surface area contributed by atoms with Gasteiger partial charge in [-0.05, 0) is 42.4 Å². The van der Waals surface area contributed by atoms with Gasteiger partial charge in [-0.15, -0.1) is 11.6 Å². The highest BCUT2D eigenvalue weighted by Crippen LogP contribution is 2.61. The molecule has 2 bridgehead atoms. The van der Waals surface area contributed by atoms with Gasteiger partial charge in [0, 0.05) is 6.54 Å². The maximum atomic E-state index is 11.1. The molecule has 0 aliphatic heterocycles. The lowest BCUT2D eigenvalue weighted by Gasteiger charge is -2.60. The number of nitrogens with one attached hydrogen (secondary N) is 1. The van der Waals surface area contributed by atoms with E-state index in [1.165, 1.54) is 19.3 Å². The Morgan fingerprint density at radius 1 is 1.47 bits per heavy atom. The van der Waals surface area contributed by atoms with Crippen molar-refractivity contribution in [3.05, 3.63) is 0 Å². The third-order valence-corrected chi connectivity index (χ3v) is 4.93. The van der Waals surface area contributed by atoms with Gasteiger partial charge in [0.05, 0.1) is 0 Å². The minimum atomic E-state index is -0.0316. The molecule has 2 nitrogen and oxygen atoms in total. The number of alkyl halides is 1. The van der Waals surface area contributed by atoms with E-state index >= 15 is 0 Å². The third kappa shape index (κ3) is 1.89. The number of hydrogen-bond donors (Lipinski definition) is 1. The van der Waals surface area contributed by atoms with E-state index in [0.29, 0.717) is 11.3 Å². The lowest BCUT2D eigenvalue weighted by Crippen LogP contribution is -2.54. The number of rotatable bonds is 3. The Labute approximate surface area is 96.8 Å². The molecule has 15 heavy (non-hydrogen) atoms. The molecule has 3 heteroatoms. The van der Waals surface area contributed by atoms with Crippen molar-refractivity contribution >= 4 is 17.5 Å². The van der Waals surface area contributed by atoms with Crippen LogP contribution in [0.4, 0.5) is 0 Å². The van der Waals surface area contributed by atoms with E-state index in [-0.39, 0.29) is 11.8 Å². The number of fused-ring (bicyclic) bond motifs is 2. The van der Waals surface area contributed by atoms with Gasteiger partial charge in [-0.25, -0.2) is 0 Å². The van der Waals surface area contributed by atoms with Gasteiger partial charge in [-0.2, -0.15) is 0 Å². The Bertz CT molecular complexity index is 262. The summed E-state index contributed by atoms with van der Waals surface area (Å²) in [6, 6.07) is 0. The molecule has 3 fully saturated rings. The summed E-state index contributed by atoms with van der Waals surface area (Å²) in [7, 11) is 0. The molecule has 0 saturated heterocycles. The first kappa shape index (κ1) is 11.3. The smallest absolute Gasteiger partial charge is 0.234 e. The highest BCUT2D eigenvalue weighted by molar-refractivity contribution is 6.27. The van der Waals surface area contributed by atoms with Gasteiger partial charge < -0.3 is 5.32 Å². The van der Waals surface area contributed by atoms with E-state index in [4.69, 9.17) is 11.6 Å². The Morgan fingerprint density at radius 2 is 2.20 bits per heavy atom. The Kier molecular flexibility index (Phi) is 2.98. The number of carbonyl (C=O) groups is 1. The number of hydrogen-bond acceptors (Lipinski definition) is 1. The van der Waals surface area contributed by atoms with Gasteiger partial charge in [-0.3, -0.25) is 4.79 Å². The van der Waals surface area contributed by atoms with E-state index in [9.17, 15) is 4.79 Å². The van der Waals surface area contributed by atoms with Crippen LogP contribution in [0.2, 0.25) is 0 Å². The van der Waals surface area contributed by atoms with Crippen LogP contribution >= 0.6 is 11.6 Å². The molecule has 3 rings (SSSR count). The highest BCUT2D eigenvalue weighted by atomic mass is 35.5. The summed E-state index contributed by atoms with van der Waals surface area (Å²) < 4.78 is 0.